The average Bonchev–Trinajstić information content (AvgIpc) is 2.39. The summed E-state index contributed by atoms with van der Waals surface area (Å²) in [4.78, 5) is 11.4. The highest BCUT2D eigenvalue weighted by Crippen LogP contribution is 2.12. The van der Waals surface area contributed by atoms with Gasteiger partial charge >= 0.3 is 5.97 Å². The monoisotopic (exact) mass is 235 g/mol. The molecule has 17 heavy (non-hydrogen) atoms. The van der Waals surface area contributed by atoms with Crippen LogP contribution >= 0.6 is 0 Å². The third kappa shape index (κ3) is 4.19. The van der Waals surface area contributed by atoms with E-state index in [1.165, 1.54) is 12.7 Å². The zero-order valence-corrected chi connectivity index (χ0v) is 10.8. The van der Waals surface area contributed by atoms with Crippen molar-refractivity contribution < 1.29 is 9.53 Å². The first-order chi connectivity index (χ1) is 8.19. The molecule has 1 N–H and O–H groups in total. The van der Waals surface area contributed by atoms with E-state index in [0.29, 0.717) is 6.54 Å². The van der Waals surface area contributed by atoms with Gasteiger partial charge in [0.2, 0.25) is 0 Å². The van der Waals surface area contributed by atoms with Crippen molar-refractivity contribution in [2.75, 3.05) is 13.7 Å². The van der Waals surface area contributed by atoms with Gasteiger partial charge in [0.1, 0.15) is 0 Å². The molecule has 2 atom stereocenters. The van der Waals surface area contributed by atoms with Gasteiger partial charge in [0.05, 0.1) is 13.0 Å². The maximum atomic E-state index is 11.4. The summed E-state index contributed by atoms with van der Waals surface area (Å²) in [6.45, 7) is 4.75. The SMILES string of the molecule is CCC(CNC(C)c1ccccc1)C(=O)OC. The molecule has 1 aromatic carbocycles. The first kappa shape index (κ1) is 13.7. The molecule has 0 aliphatic carbocycles. The number of esters is 1. The molecule has 0 saturated carbocycles. The first-order valence-corrected chi connectivity index (χ1v) is 6.05. The lowest BCUT2D eigenvalue weighted by Crippen LogP contribution is -2.30. The highest BCUT2D eigenvalue weighted by Gasteiger charge is 2.17. The van der Waals surface area contributed by atoms with Crippen molar-refractivity contribution in [2.24, 2.45) is 5.92 Å². The highest BCUT2D eigenvalue weighted by atomic mass is 16.5. The van der Waals surface area contributed by atoms with Crippen LogP contribution in [0.2, 0.25) is 0 Å². The lowest BCUT2D eigenvalue weighted by atomic mass is 10.0. The van der Waals surface area contributed by atoms with Gasteiger partial charge in [-0.3, -0.25) is 4.79 Å². The highest BCUT2D eigenvalue weighted by molar-refractivity contribution is 5.72. The predicted octanol–water partition coefficient (Wildman–Crippen LogP) is 2.54. The maximum Gasteiger partial charge on any atom is 0.309 e. The van der Waals surface area contributed by atoms with Gasteiger partial charge in [-0.15, -0.1) is 0 Å². The fourth-order valence-electron chi connectivity index (χ4n) is 1.74. The molecule has 0 aromatic heterocycles. The maximum absolute atomic E-state index is 11.4. The summed E-state index contributed by atoms with van der Waals surface area (Å²) in [5, 5.41) is 3.36. The van der Waals surface area contributed by atoms with Gasteiger partial charge < -0.3 is 10.1 Å². The molecular formula is C14H21NO2. The Morgan fingerprint density at radius 3 is 2.53 bits per heavy atom. The number of hydrogen-bond donors (Lipinski definition) is 1. The van der Waals surface area contributed by atoms with Gasteiger partial charge in [0.15, 0.2) is 0 Å². The van der Waals surface area contributed by atoms with E-state index >= 15 is 0 Å². The van der Waals surface area contributed by atoms with Crippen LogP contribution in [-0.2, 0) is 9.53 Å². The Hall–Kier alpha value is -1.35. The lowest BCUT2D eigenvalue weighted by molar-refractivity contribution is -0.145. The molecule has 0 aliphatic heterocycles. The summed E-state index contributed by atoms with van der Waals surface area (Å²) in [6, 6.07) is 10.4. The van der Waals surface area contributed by atoms with E-state index in [9.17, 15) is 4.79 Å². The lowest BCUT2D eigenvalue weighted by Gasteiger charge is -2.18. The molecule has 2 unspecified atom stereocenters. The Balaban J connectivity index is 2.47. The van der Waals surface area contributed by atoms with Crippen LogP contribution in [0.4, 0.5) is 0 Å². The number of rotatable bonds is 6. The number of nitrogens with one attached hydrogen (secondary N) is 1. The summed E-state index contributed by atoms with van der Waals surface area (Å²) in [7, 11) is 1.44. The summed E-state index contributed by atoms with van der Waals surface area (Å²) < 4.78 is 4.76. The van der Waals surface area contributed by atoms with Crippen LogP contribution in [0.3, 0.4) is 0 Å². The zero-order valence-electron chi connectivity index (χ0n) is 10.8. The minimum Gasteiger partial charge on any atom is -0.469 e. The number of benzene rings is 1. The van der Waals surface area contributed by atoms with E-state index in [-0.39, 0.29) is 17.9 Å². The van der Waals surface area contributed by atoms with Gasteiger partial charge in [-0.25, -0.2) is 0 Å². The van der Waals surface area contributed by atoms with Crippen LogP contribution in [-0.4, -0.2) is 19.6 Å². The largest absolute Gasteiger partial charge is 0.469 e. The molecule has 0 spiro atoms. The molecule has 3 heteroatoms. The Morgan fingerprint density at radius 1 is 1.35 bits per heavy atom. The van der Waals surface area contributed by atoms with Crippen LogP contribution in [0.5, 0.6) is 0 Å². The molecule has 0 radical (unpaired) electrons. The van der Waals surface area contributed by atoms with E-state index in [0.717, 1.165) is 6.42 Å². The number of carbonyl (C=O) groups excluding carboxylic acids is 1. The zero-order chi connectivity index (χ0) is 12.7. The Bertz CT molecular complexity index is 337. The Labute approximate surface area is 103 Å². The Morgan fingerprint density at radius 2 is 2.00 bits per heavy atom. The summed E-state index contributed by atoms with van der Waals surface area (Å²) >= 11 is 0. The van der Waals surface area contributed by atoms with Gasteiger partial charge in [0.25, 0.3) is 0 Å². The van der Waals surface area contributed by atoms with Crippen molar-refractivity contribution >= 4 is 5.97 Å². The summed E-state index contributed by atoms with van der Waals surface area (Å²) in [5.41, 5.74) is 1.23. The summed E-state index contributed by atoms with van der Waals surface area (Å²) in [6.07, 6.45) is 0.793. The molecule has 0 aliphatic rings. The fourth-order valence-corrected chi connectivity index (χ4v) is 1.74. The number of ether oxygens (including phenoxy) is 1. The third-order valence-corrected chi connectivity index (χ3v) is 3.00. The molecule has 94 valence electrons. The standard InChI is InChI=1S/C14H21NO2/c1-4-12(14(16)17-3)10-15-11(2)13-8-6-5-7-9-13/h5-9,11-12,15H,4,10H2,1-3H3. The summed E-state index contributed by atoms with van der Waals surface area (Å²) in [5.74, 6) is -0.202. The Kier molecular flexibility index (Phi) is 5.70. The molecule has 3 nitrogen and oxygen atoms in total. The van der Waals surface area contributed by atoms with Crippen LogP contribution in [0.15, 0.2) is 30.3 Å². The van der Waals surface area contributed by atoms with E-state index in [2.05, 4.69) is 24.4 Å². The third-order valence-electron chi connectivity index (χ3n) is 3.00. The number of hydrogen-bond acceptors (Lipinski definition) is 3. The minimum atomic E-state index is -0.139. The second-order valence-electron chi connectivity index (χ2n) is 4.17. The van der Waals surface area contributed by atoms with Crippen molar-refractivity contribution in [3.63, 3.8) is 0 Å². The molecule has 1 aromatic rings. The van der Waals surface area contributed by atoms with Gasteiger partial charge in [-0.2, -0.15) is 0 Å². The second-order valence-corrected chi connectivity index (χ2v) is 4.17. The van der Waals surface area contributed by atoms with Crippen LogP contribution < -0.4 is 5.32 Å². The number of carbonyl (C=O) groups is 1. The fraction of sp³-hybridized carbons (Fsp3) is 0.500. The quantitative estimate of drug-likeness (QED) is 0.770. The van der Waals surface area contributed by atoms with E-state index < -0.39 is 0 Å². The molecular weight excluding hydrogens is 214 g/mol. The number of methoxy groups -OCH3 is 1. The minimum absolute atomic E-state index is 0.0637. The van der Waals surface area contributed by atoms with Crippen molar-refractivity contribution in [1.29, 1.82) is 0 Å². The molecule has 0 amide bonds. The molecule has 0 heterocycles. The van der Waals surface area contributed by atoms with Crippen molar-refractivity contribution in [2.45, 2.75) is 26.3 Å². The average molecular weight is 235 g/mol. The van der Waals surface area contributed by atoms with Crippen LogP contribution in [0, 0.1) is 5.92 Å². The first-order valence-electron chi connectivity index (χ1n) is 6.05. The smallest absolute Gasteiger partial charge is 0.309 e. The van der Waals surface area contributed by atoms with Crippen molar-refractivity contribution in [3.8, 4) is 0 Å². The molecule has 0 saturated heterocycles. The molecule has 0 bridgehead atoms. The van der Waals surface area contributed by atoms with Gasteiger partial charge in [0, 0.05) is 12.6 Å². The van der Waals surface area contributed by atoms with Gasteiger partial charge in [-0.05, 0) is 18.9 Å². The van der Waals surface area contributed by atoms with Gasteiger partial charge in [-0.1, -0.05) is 37.3 Å². The van der Waals surface area contributed by atoms with E-state index in [1.807, 2.05) is 25.1 Å². The second kappa shape index (κ2) is 7.07. The topological polar surface area (TPSA) is 38.3 Å². The van der Waals surface area contributed by atoms with E-state index in [4.69, 9.17) is 4.74 Å². The predicted molar refractivity (Wildman–Crippen MR) is 68.7 cm³/mol. The van der Waals surface area contributed by atoms with E-state index in [1.54, 1.807) is 0 Å². The van der Waals surface area contributed by atoms with Crippen molar-refractivity contribution in [1.82, 2.24) is 5.32 Å². The molecule has 0 fully saturated rings. The normalized spacial score (nSPS) is 14.1. The van der Waals surface area contributed by atoms with Crippen molar-refractivity contribution in [3.05, 3.63) is 35.9 Å². The van der Waals surface area contributed by atoms with Crippen LogP contribution in [0.25, 0.3) is 0 Å². The van der Waals surface area contributed by atoms with Crippen LogP contribution in [0.1, 0.15) is 31.9 Å². The molecule has 1 rings (SSSR count).